The molecule has 0 aliphatic carbocycles. The number of nitrogens with one attached hydrogen (secondary N) is 3. The smallest absolute Gasteiger partial charge is 0.254 e. The Morgan fingerprint density at radius 2 is 1.86 bits per heavy atom. The third-order valence-corrected chi connectivity index (χ3v) is 5.94. The van der Waals surface area contributed by atoms with Gasteiger partial charge < -0.3 is 20.9 Å². The highest BCUT2D eigenvalue weighted by molar-refractivity contribution is 7.11. The van der Waals surface area contributed by atoms with Gasteiger partial charge in [0.15, 0.2) is 5.96 Å². The van der Waals surface area contributed by atoms with E-state index in [1.807, 2.05) is 23.5 Å². The van der Waals surface area contributed by atoms with Gasteiger partial charge in [-0.3, -0.25) is 14.6 Å². The van der Waals surface area contributed by atoms with Crippen LogP contribution < -0.4 is 16.0 Å². The van der Waals surface area contributed by atoms with E-state index >= 15 is 0 Å². The van der Waals surface area contributed by atoms with Gasteiger partial charge in [0.05, 0.1) is 13.1 Å². The summed E-state index contributed by atoms with van der Waals surface area (Å²) < 4.78 is 0. The van der Waals surface area contributed by atoms with Crippen LogP contribution >= 0.6 is 11.3 Å². The van der Waals surface area contributed by atoms with Gasteiger partial charge in [-0.25, -0.2) is 0 Å². The molecule has 2 amide bonds. The second-order valence-electron chi connectivity index (χ2n) is 6.77. The summed E-state index contributed by atoms with van der Waals surface area (Å²) in [5.74, 6) is 0.507. The zero-order valence-corrected chi connectivity index (χ0v) is 17.6. The van der Waals surface area contributed by atoms with E-state index in [-0.39, 0.29) is 18.4 Å². The van der Waals surface area contributed by atoms with E-state index in [0.29, 0.717) is 25.2 Å². The highest BCUT2D eigenvalue weighted by Gasteiger charge is 2.22. The molecule has 1 aromatic heterocycles. The molecule has 0 atom stereocenters. The molecule has 1 aliphatic heterocycles. The maximum Gasteiger partial charge on any atom is 0.254 e. The van der Waals surface area contributed by atoms with Crippen LogP contribution in [0.5, 0.6) is 0 Å². The predicted molar refractivity (Wildman–Crippen MR) is 116 cm³/mol. The van der Waals surface area contributed by atoms with E-state index in [1.165, 1.54) is 9.75 Å². The van der Waals surface area contributed by atoms with Crippen molar-refractivity contribution in [3.63, 3.8) is 0 Å². The van der Waals surface area contributed by atoms with Crippen molar-refractivity contribution < 1.29 is 9.59 Å². The van der Waals surface area contributed by atoms with Crippen molar-refractivity contribution in [2.75, 3.05) is 26.7 Å². The van der Waals surface area contributed by atoms with Crippen LogP contribution in [-0.4, -0.2) is 49.4 Å². The molecule has 0 radical (unpaired) electrons. The number of rotatable bonds is 6. The summed E-state index contributed by atoms with van der Waals surface area (Å²) in [4.78, 5) is 32.5. The van der Waals surface area contributed by atoms with Crippen LogP contribution in [0, 0.1) is 0 Å². The van der Waals surface area contributed by atoms with Gasteiger partial charge in [-0.05, 0) is 36.2 Å². The Labute approximate surface area is 175 Å². The fourth-order valence-corrected chi connectivity index (χ4v) is 3.94. The Morgan fingerprint density at radius 3 is 2.52 bits per heavy atom. The molecule has 1 fully saturated rings. The quantitative estimate of drug-likeness (QED) is 0.498. The Hall–Kier alpha value is -2.87. The van der Waals surface area contributed by atoms with Crippen molar-refractivity contribution in [2.24, 2.45) is 4.99 Å². The Morgan fingerprint density at radius 1 is 1.14 bits per heavy atom. The Bertz CT molecular complexity index is 875. The highest BCUT2D eigenvalue weighted by Crippen LogP contribution is 2.16. The van der Waals surface area contributed by atoms with E-state index in [4.69, 9.17) is 0 Å². The van der Waals surface area contributed by atoms with E-state index < -0.39 is 0 Å². The molecule has 29 heavy (non-hydrogen) atoms. The predicted octanol–water partition coefficient (Wildman–Crippen LogP) is 1.75. The van der Waals surface area contributed by atoms with Crippen molar-refractivity contribution >= 4 is 29.1 Å². The molecular formula is C21H27N5O2S. The first-order valence-corrected chi connectivity index (χ1v) is 10.6. The van der Waals surface area contributed by atoms with Gasteiger partial charge >= 0.3 is 0 Å². The monoisotopic (exact) mass is 413 g/mol. The van der Waals surface area contributed by atoms with E-state index in [1.54, 1.807) is 24.1 Å². The lowest BCUT2D eigenvalue weighted by Crippen LogP contribution is -2.49. The minimum absolute atomic E-state index is 0.112. The van der Waals surface area contributed by atoms with Crippen LogP contribution in [0.1, 0.15) is 32.6 Å². The molecule has 3 rings (SSSR count). The summed E-state index contributed by atoms with van der Waals surface area (Å²) >= 11 is 1.81. The molecule has 154 valence electrons. The fraction of sp³-hybridized carbons (Fsp3) is 0.381. The molecular weight excluding hydrogens is 386 g/mol. The summed E-state index contributed by atoms with van der Waals surface area (Å²) in [6, 6.07) is 11.8. The molecule has 2 aromatic rings. The lowest BCUT2D eigenvalue weighted by molar-refractivity contribution is -0.123. The third kappa shape index (κ3) is 5.80. The fourth-order valence-electron chi connectivity index (χ4n) is 3.04. The number of aliphatic imine (C=N–C) groups is 1. The maximum absolute atomic E-state index is 12.5. The highest BCUT2D eigenvalue weighted by atomic mass is 32.1. The number of aryl methyl sites for hydroxylation is 1. The lowest BCUT2D eigenvalue weighted by Gasteiger charge is -2.26. The van der Waals surface area contributed by atoms with Crippen LogP contribution in [0.4, 0.5) is 0 Å². The first-order chi connectivity index (χ1) is 14.1. The molecule has 3 N–H and O–H groups in total. The van der Waals surface area contributed by atoms with Gasteiger partial charge in [-0.15, -0.1) is 11.3 Å². The molecule has 0 bridgehead atoms. The molecule has 2 heterocycles. The molecule has 1 saturated heterocycles. The van der Waals surface area contributed by atoms with Gasteiger partial charge in [0, 0.05) is 42.0 Å². The number of carbonyl (C=O) groups is 2. The summed E-state index contributed by atoms with van der Waals surface area (Å²) in [5.41, 5.74) is 1.64. The number of benzene rings is 1. The number of carbonyl (C=O) groups excluding carboxylic acids is 2. The average molecular weight is 414 g/mol. The van der Waals surface area contributed by atoms with Crippen molar-refractivity contribution in [2.45, 2.75) is 26.4 Å². The number of guanidine groups is 1. The number of thiophene rings is 1. The molecule has 1 aliphatic rings. The van der Waals surface area contributed by atoms with E-state index in [9.17, 15) is 9.59 Å². The second-order valence-corrected chi connectivity index (χ2v) is 8.03. The summed E-state index contributed by atoms with van der Waals surface area (Å²) in [5, 5.41) is 9.34. The number of amides is 2. The largest absolute Gasteiger partial charge is 0.353 e. The Kier molecular flexibility index (Phi) is 7.24. The maximum atomic E-state index is 12.5. The number of nitrogens with zero attached hydrogens (tertiary/aromatic N) is 2. The standard InChI is InChI=1S/C21H27N5O2S/c1-3-17-8-9-18(29-17)13-25-21(22-2)24-12-15-4-6-16(7-5-15)20(28)26-11-10-23-19(27)14-26/h4-9H,3,10-14H2,1-2H3,(H,23,27)(H2,22,24,25). The molecule has 0 unspecified atom stereocenters. The minimum atomic E-state index is -0.113. The van der Waals surface area contributed by atoms with Crippen molar-refractivity contribution in [1.29, 1.82) is 0 Å². The third-order valence-electron chi connectivity index (χ3n) is 4.71. The van der Waals surface area contributed by atoms with Gasteiger partial charge in [0.1, 0.15) is 0 Å². The van der Waals surface area contributed by atoms with Gasteiger partial charge in [0.2, 0.25) is 5.91 Å². The lowest BCUT2D eigenvalue weighted by atomic mass is 10.1. The van der Waals surface area contributed by atoms with Crippen molar-refractivity contribution in [1.82, 2.24) is 20.9 Å². The molecule has 0 spiro atoms. The SMILES string of the molecule is CCc1ccc(CNC(=NC)NCc2ccc(C(=O)N3CCNC(=O)C3)cc2)s1. The van der Waals surface area contributed by atoms with Crippen LogP contribution in [0.25, 0.3) is 0 Å². The van der Waals surface area contributed by atoms with E-state index in [2.05, 4.69) is 40.0 Å². The van der Waals surface area contributed by atoms with Crippen molar-refractivity contribution in [3.8, 4) is 0 Å². The summed E-state index contributed by atoms with van der Waals surface area (Å²) in [6.07, 6.45) is 1.06. The normalized spacial score (nSPS) is 14.5. The van der Waals surface area contributed by atoms with Crippen molar-refractivity contribution in [3.05, 3.63) is 57.3 Å². The number of hydrogen-bond donors (Lipinski definition) is 3. The number of hydrogen-bond acceptors (Lipinski definition) is 4. The number of piperazine rings is 1. The van der Waals surface area contributed by atoms with E-state index in [0.717, 1.165) is 24.5 Å². The summed E-state index contributed by atoms with van der Waals surface area (Å²) in [6.45, 7) is 4.66. The first-order valence-electron chi connectivity index (χ1n) is 9.76. The molecule has 8 heteroatoms. The topological polar surface area (TPSA) is 85.8 Å². The summed E-state index contributed by atoms with van der Waals surface area (Å²) in [7, 11) is 1.75. The zero-order chi connectivity index (χ0) is 20.6. The van der Waals surface area contributed by atoms with Crippen LogP contribution in [0.2, 0.25) is 0 Å². The second kappa shape index (κ2) is 10.1. The van der Waals surface area contributed by atoms with Gasteiger partial charge in [0.25, 0.3) is 5.91 Å². The Balaban J connectivity index is 1.49. The van der Waals surface area contributed by atoms with Crippen LogP contribution in [0.3, 0.4) is 0 Å². The minimum Gasteiger partial charge on any atom is -0.353 e. The van der Waals surface area contributed by atoms with Gasteiger partial charge in [-0.2, -0.15) is 0 Å². The molecule has 1 aromatic carbocycles. The zero-order valence-electron chi connectivity index (χ0n) is 16.8. The first kappa shape index (κ1) is 20.9. The molecule has 0 saturated carbocycles. The molecule has 7 nitrogen and oxygen atoms in total. The average Bonchev–Trinajstić information content (AvgIpc) is 3.22. The van der Waals surface area contributed by atoms with Gasteiger partial charge in [-0.1, -0.05) is 19.1 Å². The van der Waals surface area contributed by atoms with Crippen LogP contribution in [-0.2, 0) is 24.3 Å². The van der Waals surface area contributed by atoms with Crippen LogP contribution in [0.15, 0.2) is 41.4 Å².